The minimum Gasteiger partial charge on any atom is -0.490 e. The van der Waals surface area contributed by atoms with Gasteiger partial charge in [0, 0.05) is 31.6 Å². The maximum Gasteiger partial charge on any atom is 0.165 e. The highest BCUT2D eigenvalue weighted by Gasteiger charge is 2.05. The Morgan fingerprint density at radius 3 is 3.00 bits per heavy atom. The lowest BCUT2D eigenvalue weighted by Gasteiger charge is -2.06. The zero-order chi connectivity index (χ0) is 15.1. The summed E-state index contributed by atoms with van der Waals surface area (Å²) in [6.07, 6.45) is 4.72. The van der Waals surface area contributed by atoms with Crippen LogP contribution in [-0.2, 0) is 13.5 Å². The van der Waals surface area contributed by atoms with Gasteiger partial charge in [0.2, 0.25) is 0 Å². The SMILES string of the molecule is Cn1cc(CCOc2cc(C#CCCO)ccc2F)cn1. The zero-order valence-corrected chi connectivity index (χ0v) is 11.8. The lowest BCUT2D eigenvalue weighted by Crippen LogP contribution is -2.02. The van der Waals surface area contributed by atoms with Crippen LogP contribution in [0.3, 0.4) is 0 Å². The molecule has 21 heavy (non-hydrogen) atoms. The number of nitrogens with zero attached hydrogens (tertiary/aromatic N) is 2. The Labute approximate surface area is 123 Å². The first-order valence-electron chi connectivity index (χ1n) is 6.68. The van der Waals surface area contributed by atoms with Crippen LogP contribution in [0, 0.1) is 17.7 Å². The van der Waals surface area contributed by atoms with E-state index in [0.717, 1.165) is 5.56 Å². The van der Waals surface area contributed by atoms with E-state index in [-0.39, 0.29) is 12.4 Å². The number of aliphatic hydroxyl groups excluding tert-OH is 1. The molecule has 0 saturated heterocycles. The number of aliphatic hydroxyl groups is 1. The van der Waals surface area contributed by atoms with Crippen molar-refractivity contribution < 1.29 is 14.2 Å². The molecule has 1 N–H and O–H groups in total. The van der Waals surface area contributed by atoms with Gasteiger partial charge < -0.3 is 9.84 Å². The Bertz CT molecular complexity index is 656. The first-order valence-corrected chi connectivity index (χ1v) is 6.68. The van der Waals surface area contributed by atoms with Gasteiger partial charge in [0.05, 0.1) is 19.4 Å². The molecule has 0 fully saturated rings. The molecule has 0 radical (unpaired) electrons. The molecule has 2 aromatic rings. The van der Waals surface area contributed by atoms with E-state index in [1.807, 2.05) is 13.2 Å². The van der Waals surface area contributed by atoms with Crippen molar-refractivity contribution in [1.29, 1.82) is 0 Å². The minimum atomic E-state index is -0.408. The Morgan fingerprint density at radius 2 is 2.29 bits per heavy atom. The standard InChI is InChI=1S/C16H17FN2O2/c1-19-12-14(11-18-19)7-9-21-16-10-13(4-2-3-8-20)5-6-15(16)17/h5-6,10-12,20H,3,7-9H2,1H3. The van der Waals surface area contributed by atoms with Gasteiger partial charge in [0.15, 0.2) is 11.6 Å². The second-order valence-corrected chi connectivity index (χ2v) is 4.54. The number of benzene rings is 1. The van der Waals surface area contributed by atoms with Crippen molar-refractivity contribution in [1.82, 2.24) is 9.78 Å². The molecule has 0 aliphatic carbocycles. The zero-order valence-electron chi connectivity index (χ0n) is 11.8. The fraction of sp³-hybridized carbons (Fsp3) is 0.312. The number of rotatable bonds is 5. The second kappa shape index (κ2) is 7.46. The predicted molar refractivity (Wildman–Crippen MR) is 77.4 cm³/mol. The summed E-state index contributed by atoms with van der Waals surface area (Å²) in [6, 6.07) is 4.50. The quantitative estimate of drug-likeness (QED) is 0.855. The fourth-order valence-electron chi connectivity index (χ4n) is 1.79. The molecule has 110 valence electrons. The summed E-state index contributed by atoms with van der Waals surface area (Å²) in [5.41, 5.74) is 1.71. The summed E-state index contributed by atoms with van der Waals surface area (Å²) in [6.45, 7) is 0.388. The lowest BCUT2D eigenvalue weighted by molar-refractivity contribution is 0.305. The summed E-state index contributed by atoms with van der Waals surface area (Å²) in [5, 5.41) is 12.7. The van der Waals surface area contributed by atoms with Gasteiger partial charge >= 0.3 is 0 Å². The van der Waals surface area contributed by atoms with Gasteiger partial charge in [-0.25, -0.2) is 4.39 Å². The second-order valence-electron chi connectivity index (χ2n) is 4.54. The summed E-state index contributed by atoms with van der Waals surface area (Å²) in [7, 11) is 1.85. The number of hydrogen-bond acceptors (Lipinski definition) is 3. The van der Waals surface area contributed by atoms with Gasteiger partial charge in [-0.15, -0.1) is 0 Å². The average Bonchev–Trinajstić information content (AvgIpc) is 2.88. The molecule has 4 nitrogen and oxygen atoms in total. The van der Waals surface area contributed by atoms with Crippen LogP contribution < -0.4 is 4.74 Å². The highest BCUT2D eigenvalue weighted by Crippen LogP contribution is 2.18. The molecule has 1 aromatic heterocycles. The molecule has 0 atom stereocenters. The number of aryl methyl sites for hydroxylation is 1. The van der Waals surface area contributed by atoms with Crippen molar-refractivity contribution in [3.8, 4) is 17.6 Å². The van der Waals surface area contributed by atoms with E-state index in [4.69, 9.17) is 9.84 Å². The van der Waals surface area contributed by atoms with Gasteiger partial charge in [-0.3, -0.25) is 4.68 Å². The van der Waals surface area contributed by atoms with E-state index < -0.39 is 5.82 Å². The summed E-state index contributed by atoms with van der Waals surface area (Å²) < 4.78 is 20.8. The van der Waals surface area contributed by atoms with E-state index >= 15 is 0 Å². The first-order chi connectivity index (χ1) is 10.2. The molecule has 5 heteroatoms. The van der Waals surface area contributed by atoms with E-state index in [2.05, 4.69) is 16.9 Å². The molecular formula is C16H17FN2O2. The van der Waals surface area contributed by atoms with Crippen LogP contribution in [0.4, 0.5) is 4.39 Å². The van der Waals surface area contributed by atoms with Crippen LogP contribution >= 0.6 is 0 Å². The van der Waals surface area contributed by atoms with Crippen LogP contribution in [0.2, 0.25) is 0 Å². The van der Waals surface area contributed by atoms with Crippen molar-refractivity contribution in [3.05, 3.63) is 47.5 Å². The largest absolute Gasteiger partial charge is 0.490 e. The maximum absolute atomic E-state index is 13.7. The Balaban J connectivity index is 1.95. The van der Waals surface area contributed by atoms with E-state index in [1.165, 1.54) is 6.07 Å². The average molecular weight is 288 g/mol. The third kappa shape index (κ3) is 4.62. The fourth-order valence-corrected chi connectivity index (χ4v) is 1.79. The normalized spacial score (nSPS) is 10.0. The van der Waals surface area contributed by atoms with Gasteiger partial charge in [0.1, 0.15) is 0 Å². The smallest absolute Gasteiger partial charge is 0.165 e. The van der Waals surface area contributed by atoms with Gasteiger partial charge in [-0.2, -0.15) is 5.10 Å². The van der Waals surface area contributed by atoms with Crippen LogP contribution in [0.25, 0.3) is 0 Å². The lowest BCUT2D eigenvalue weighted by atomic mass is 10.2. The number of hydrogen-bond donors (Lipinski definition) is 1. The summed E-state index contributed by atoms with van der Waals surface area (Å²) >= 11 is 0. The maximum atomic E-state index is 13.7. The van der Waals surface area contributed by atoms with Gasteiger partial charge in [-0.05, 0) is 23.8 Å². The van der Waals surface area contributed by atoms with Crippen molar-refractivity contribution >= 4 is 0 Å². The number of aromatic nitrogens is 2. The molecule has 0 unspecified atom stereocenters. The Hall–Kier alpha value is -2.32. The highest BCUT2D eigenvalue weighted by atomic mass is 19.1. The number of halogens is 1. The third-order valence-electron chi connectivity index (χ3n) is 2.81. The minimum absolute atomic E-state index is 0.0165. The molecule has 0 bridgehead atoms. The molecule has 0 aliphatic heterocycles. The Morgan fingerprint density at radius 1 is 1.43 bits per heavy atom. The number of ether oxygens (including phenoxy) is 1. The first kappa shape index (κ1) is 15.1. The van der Waals surface area contributed by atoms with Crippen molar-refractivity contribution in [2.75, 3.05) is 13.2 Å². The van der Waals surface area contributed by atoms with E-state index in [9.17, 15) is 4.39 Å². The molecule has 2 rings (SSSR count). The van der Waals surface area contributed by atoms with Gasteiger partial charge in [0.25, 0.3) is 0 Å². The molecule has 0 saturated carbocycles. The highest BCUT2D eigenvalue weighted by molar-refractivity contribution is 5.40. The van der Waals surface area contributed by atoms with Crippen LogP contribution in [0.1, 0.15) is 17.5 Å². The van der Waals surface area contributed by atoms with Crippen molar-refractivity contribution in [3.63, 3.8) is 0 Å². The van der Waals surface area contributed by atoms with Crippen molar-refractivity contribution in [2.24, 2.45) is 7.05 Å². The van der Waals surface area contributed by atoms with Crippen LogP contribution in [-0.4, -0.2) is 28.1 Å². The van der Waals surface area contributed by atoms with Gasteiger partial charge in [-0.1, -0.05) is 11.8 Å². The molecule has 0 spiro atoms. The molecule has 0 amide bonds. The molecular weight excluding hydrogens is 271 g/mol. The molecule has 1 heterocycles. The molecule has 0 aliphatic rings. The molecule has 1 aromatic carbocycles. The predicted octanol–water partition coefficient (Wildman–Crippen LogP) is 1.91. The monoisotopic (exact) mass is 288 g/mol. The topological polar surface area (TPSA) is 47.3 Å². The van der Waals surface area contributed by atoms with E-state index in [0.29, 0.717) is 25.0 Å². The third-order valence-corrected chi connectivity index (χ3v) is 2.81. The van der Waals surface area contributed by atoms with Crippen LogP contribution in [0.15, 0.2) is 30.6 Å². The Kier molecular flexibility index (Phi) is 5.35. The summed E-state index contributed by atoms with van der Waals surface area (Å²) in [4.78, 5) is 0. The van der Waals surface area contributed by atoms with Crippen LogP contribution in [0.5, 0.6) is 5.75 Å². The summed E-state index contributed by atoms with van der Waals surface area (Å²) in [5.74, 6) is 5.43. The van der Waals surface area contributed by atoms with Crippen molar-refractivity contribution in [2.45, 2.75) is 12.8 Å². The van der Waals surface area contributed by atoms with E-state index in [1.54, 1.807) is 23.0 Å².